The van der Waals surface area contributed by atoms with Crippen molar-refractivity contribution in [1.82, 2.24) is 10.3 Å². The lowest BCUT2D eigenvalue weighted by atomic mass is 10.1. The summed E-state index contributed by atoms with van der Waals surface area (Å²) < 4.78 is 0. The Hall–Kier alpha value is -0.930. The van der Waals surface area contributed by atoms with Crippen LogP contribution in [0.5, 0.6) is 0 Å². The van der Waals surface area contributed by atoms with Gasteiger partial charge in [0.05, 0.1) is 6.10 Å². The summed E-state index contributed by atoms with van der Waals surface area (Å²) in [7, 11) is 0. The van der Waals surface area contributed by atoms with Crippen LogP contribution in [0.2, 0.25) is 0 Å². The predicted octanol–water partition coefficient (Wildman–Crippen LogP) is 1.65. The van der Waals surface area contributed by atoms with Gasteiger partial charge in [0, 0.05) is 24.5 Å². The monoisotopic (exact) mass is 206 g/mol. The zero-order chi connectivity index (χ0) is 10.7. The molecule has 0 saturated heterocycles. The summed E-state index contributed by atoms with van der Waals surface area (Å²) in [5.41, 5.74) is 1.23. The van der Waals surface area contributed by atoms with Gasteiger partial charge in [-0.05, 0) is 43.9 Å². The van der Waals surface area contributed by atoms with E-state index < -0.39 is 0 Å². The largest absolute Gasteiger partial charge is 0.392 e. The number of aromatic nitrogens is 1. The van der Waals surface area contributed by atoms with Crippen LogP contribution in [0.3, 0.4) is 0 Å². The first-order valence-corrected chi connectivity index (χ1v) is 5.61. The first-order valence-electron chi connectivity index (χ1n) is 5.61. The maximum atomic E-state index is 9.71. The molecule has 1 aliphatic carbocycles. The first-order chi connectivity index (χ1) is 7.27. The number of rotatable bonds is 3. The van der Waals surface area contributed by atoms with E-state index in [0.717, 1.165) is 19.3 Å². The van der Waals surface area contributed by atoms with Crippen molar-refractivity contribution in [3.63, 3.8) is 0 Å². The molecule has 0 radical (unpaired) electrons. The minimum atomic E-state index is -0.172. The van der Waals surface area contributed by atoms with Crippen molar-refractivity contribution in [2.75, 3.05) is 0 Å². The minimum absolute atomic E-state index is 0.172. The number of hydrogen-bond acceptors (Lipinski definition) is 3. The topological polar surface area (TPSA) is 45.1 Å². The standard InChI is InChI=1S/C12H18N2O/c1-9(10-5-7-13-8-6-10)14-11-3-2-4-12(11)15/h5-9,11-12,14-15H,2-4H2,1H3/t9-,11-,12-/m1/s1. The third-order valence-corrected chi connectivity index (χ3v) is 3.15. The molecular formula is C12H18N2O. The van der Waals surface area contributed by atoms with Gasteiger partial charge in [-0.15, -0.1) is 0 Å². The van der Waals surface area contributed by atoms with E-state index in [1.54, 1.807) is 12.4 Å². The Morgan fingerprint density at radius 3 is 2.73 bits per heavy atom. The van der Waals surface area contributed by atoms with Crippen molar-refractivity contribution in [3.05, 3.63) is 30.1 Å². The Kier molecular flexibility index (Phi) is 3.34. The lowest BCUT2D eigenvalue weighted by Crippen LogP contribution is -2.37. The van der Waals surface area contributed by atoms with Crippen molar-refractivity contribution in [1.29, 1.82) is 0 Å². The number of pyridine rings is 1. The quantitative estimate of drug-likeness (QED) is 0.790. The fourth-order valence-electron chi connectivity index (χ4n) is 2.20. The van der Waals surface area contributed by atoms with Gasteiger partial charge < -0.3 is 10.4 Å². The van der Waals surface area contributed by atoms with Crippen molar-refractivity contribution in [2.24, 2.45) is 0 Å². The average molecular weight is 206 g/mol. The van der Waals surface area contributed by atoms with E-state index in [2.05, 4.69) is 17.2 Å². The molecule has 1 fully saturated rings. The molecule has 1 aromatic heterocycles. The molecule has 0 amide bonds. The van der Waals surface area contributed by atoms with Gasteiger partial charge in [0.1, 0.15) is 0 Å². The summed E-state index contributed by atoms with van der Waals surface area (Å²) in [5.74, 6) is 0. The van der Waals surface area contributed by atoms with E-state index in [0.29, 0.717) is 0 Å². The molecule has 15 heavy (non-hydrogen) atoms. The molecule has 3 nitrogen and oxygen atoms in total. The maximum Gasteiger partial charge on any atom is 0.0693 e. The van der Waals surface area contributed by atoms with Crippen LogP contribution in [0.1, 0.15) is 37.8 Å². The lowest BCUT2D eigenvalue weighted by Gasteiger charge is -2.22. The van der Waals surface area contributed by atoms with Gasteiger partial charge >= 0.3 is 0 Å². The van der Waals surface area contributed by atoms with Crippen LogP contribution >= 0.6 is 0 Å². The highest BCUT2D eigenvalue weighted by Gasteiger charge is 2.26. The molecule has 1 aliphatic rings. The second-order valence-electron chi connectivity index (χ2n) is 4.27. The molecule has 1 aromatic rings. The molecule has 0 bridgehead atoms. The molecular weight excluding hydrogens is 188 g/mol. The highest BCUT2D eigenvalue weighted by Crippen LogP contribution is 2.22. The molecule has 3 heteroatoms. The highest BCUT2D eigenvalue weighted by atomic mass is 16.3. The van der Waals surface area contributed by atoms with Crippen LogP contribution < -0.4 is 5.32 Å². The van der Waals surface area contributed by atoms with E-state index in [-0.39, 0.29) is 18.2 Å². The average Bonchev–Trinajstić information content (AvgIpc) is 2.66. The van der Waals surface area contributed by atoms with Crippen molar-refractivity contribution >= 4 is 0 Å². The van der Waals surface area contributed by atoms with Crippen LogP contribution in [0.25, 0.3) is 0 Å². The van der Waals surface area contributed by atoms with Crippen molar-refractivity contribution in [3.8, 4) is 0 Å². The Labute approximate surface area is 90.5 Å². The summed E-state index contributed by atoms with van der Waals surface area (Å²) in [4.78, 5) is 4.00. The molecule has 2 rings (SSSR count). The van der Waals surface area contributed by atoms with Crippen LogP contribution in [-0.2, 0) is 0 Å². The molecule has 3 atom stereocenters. The van der Waals surface area contributed by atoms with Crippen LogP contribution in [0.4, 0.5) is 0 Å². The zero-order valence-corrected chi connectivity index (χ0v) is 9.06. The van der Waals surface area contributed by atoms with Crippen molar-refractivity contribution in [2.45, 2.75) is 44.4 Å². The van der Waals surface area contributed by atoms with Crippen molar-refractivity contribution < 1.29 is 5.11 Å². The molecule has 1 heterocycles. The fourth-order valence-corrected chi connectivity index (χ4v) is 2.20. The predicted molar refractivity (Wildman–Crippen MR) is 59.4 cm³/mol. The summed E-state index contributed by atoms with van der Waals surface area (Å²) in [5, 5.41) is 13.2. The van der Waals surface area contributed by atoms with Gasteiger partial charge in [0.15, 0.2) is 0 Å². The number of hydrogen-bond donors (Lipinski definition) is 2. The SMILES string of the molecule is C[C@@H](N[C@@H]1CCC[C@H]1O)c1ccncc1. The van der Waals surface area contributed by atoms with E-state index in [4.69, 9.17) is 0 Å². The smallest absolute Gasteiger partial charge is 0.0693 e. The Balaban J connectivity index is 1.95. The molecule has 1 saturated carbocycles. The zero-order valence-electron chi connectivity index (χ0n) is 9.06. The normalized spacial score (nSPS) is 27.9. The van der Waals surface area contributed by atoms with Gasteiger partial charge in [0.25, 0.3) is 0 Å². The van der Waals surface area contributed by atoms with E-state index in [1.807, 2.05) is 12.1 Å². The second kappa shape index (κ2) is 4.73. The first kappa shape index (κ1) is 10.6. The molecule has 0 spiro atoms. The number of aliphatic hydroxyl groups excluding tert-OH is 1. The Morgan fingerprint density at radius 1 is 1.40 bits per heavy atom. The third-order valence-electron chi connectivity index (χ3n) is 3.15. The third kappa shape index (κ3) is 2.55. The Bertz CT molecular complexity index is 302. The number of nitrogens with one attached hydrogen (secondary N) is 1. The Morgan fingerprint density at radius 2 is 2.13 bits per heavy atom. The molecule has 82 valence electrons. The van der Waals surface area contributed by atoms with Gasteiger partial charge in [0.2, 0.25) is 0 Å². The summed E-state index contributed by atoms with van der Waals surface area (Å²) in [6.45, 7) is 2.13. The van der Waals surface area contributed by atoms with Crippen LogP contribution in [-0.4, -0.2) is 22.2 Å². The molecule has 0 unspecified atom stereocenters. The van der Waals surface area contributed by atoms with Gasteiger partial charge in [-0.2, -0.15) is 0 Å². The summed E-state index contributed by atoms with van der Waals surface area (Å²) >= 11 is 0. The van der Waals surface area contributed by atoms with E-state index in [1.165, 1.54) is 5.56 Å². The minimum Gasteiger partial charge on any atom is -0.392 e. The molecule has 2 N–H and O–H groups in total. The summed E-state index contributed by atoms with van der Waals surface area (Å²) in [6, 6.07) is 4.57. The summed E-state index contributed by atoms with van der Waals surface area (Å²) in [6.07, 6.45) is 6.57. The van der Waals surface area contributed by atoms with Gasteiger partial charge in [-0.3, -0.25) is 4.98 Å². The fraction of sp³-hybridized carbons (Fsp3) is 0.583. The van der Waals surface area contributed by atoms with Gasteiger partial charge in [-0.1, -0.05) is 0 Å². The second-order valence-corrected chi connectivity index (χ2v) is 4.27. The number of aliphatic hydroxyl groups is 1. The van der Waals surface area contributed by atoms with Gasteiger partial charge in [-0.25, -0.2) is 0 Å². The van der Waals surface area contributed by atoms with Crippen LogP contribution in [0, 0.1) is 0 Å². The van der Waals surface area contributed by atoms with E-state index >= 15 is 0 Å². The molecule has 0 aliphatic heterocycles. The van der Waals surface area contributed by atoms with E-state index in [9.17, 15) is 5.11 Å². The molecule has 0 aromatic carbocycles. The maximum absolute atomic E-state index is 9.71. The number of nitrogens with zero attached hydrogens (tertiary/aromatic N) is 1. The lowest BCUT2D eigenvalue weighted by molar-refractivity contribution is 0.144. The highest BCUT2D eigenvalue weighted by molar-refractivity contribution is 5.14. The van der Waals surface area contributed by atoms with Crippen LogP contribution in [0.15, 0.2) is 24.5 Å².